The monoisotopic (exact) mass is 578 g/mol. The molecule has 42 heavy (non-hydrogen) atoms. The van der Waals surface area contributed by atoms with E-state index in [2.05, 4.69) is 38.1 Å². The predicted molar refractivity (Wildman–Crippen MR) is 168 cm³/mol. The van der Waals surface area contributed by atoms with Crippen LogP contribution in [0.25, 0.3) is 0 Å². The summed E-state index contributed by atoms with van der Waals surface area (Å²) >= 11 is 0. The van der Waals surface area contributed by atoms with Gasteiger partial charge in [0.15, 0.2) is 0 Å². The summed E-state index contributed by atoms with van der Waals surface area (Å²) in [5.41, 5.74) is 7.31. The van der Waals surface area contributed by atoms with Crippen LogP contribution < -0.4 is 0 Å². The number of aliphatic hydroxyl groups excluding tert-OH is 4. The first kappa shape index (κ1) is 33.6. The molecule has 6 nitrogen and oxygen atoms in total. The maximum atomic E-state index is 9.94. The summed E-state index contributed by atoms with van der Waals surface area (Å²) in [6, 6.07) is 15.4. The molecule has 6 heteroatoms. The molecule has 0 aromatic heterocycles. The third kappa shape index (κ3) is 9.05. The van der Waals surface area contributed by atoms with Crippen LogP contribution in [0.4, 0.5) is 0 Å². The highest BCUT2D eigenvalue weighted by atomic mass is 16.3. The van der Waals surface area contributed by atoms with Crippen molar-refractivity contribution in [3.8, 4) is 11.5 Å². The van der Waals surface area contributed by atoms with E-state index in [4.69, 9.17) is 0 Å². The predicted octanol–water partition coefficient (Wildman–Crippen LogP) is 6.88. The highest BCUT2D eigenvalue weighted by Gasteiger charge is 2.18. The lowest BCUT2D eigenvalue weighted by molar-refractivity contribution is 0.271. The molecule has 3 aromatic rings. The Bertz CT molecular complexity index is 1110. The van der Waals surface area contributed by atoms with E-state index in [-0.39, 0.29) is 37.9 Å². The van der Waals surface area contributed by atoms with Gasteiger partial charge in [0.25, 0.3) is 0 Å². The van der Waals surface area contributed by atoms with Crippen molar-refractivity contribution < 1.29 is 30.6 Å². The number of hydrogen-bond donors (Lipinski definition) is 6. The molecule has 6 N–H and O–H groups in total. The zero-order valence-electron chi connectivity index (χ0n) is 25.4. The summed E-state index contributed by atoms with van der Waals surface area (Å²) in [5.74, 6) is 0.973. The molecular weight excluding hydrogens is 528 g/mol. The first-order chi connectivity index (χ1) is 20.4. The lowest BCUT2D eigenvalue weighted by Gasteiger charge is -2.22. The van der Waals surface area contributed by atoms with Gasteiger partial charge in [0.05, 0.1) is 26.4 Å². The van der Waals surface area contributed by atoms with Crippen LogP contribution in [0.1, 0.15) is 122 Å². The van der Waals surface area contributed by atoms with Crippen molar-refractivity contribution in [2.24, 2.45) is 0 Å². The first-order valence-corrected chi connectivity index (χ1v) is 15.6. The second-order valence-corrected chi connectivity index (χ2v) is 11.5. The molecule has 0 aliphatic heterocycles. The summed E-state index contributed by atoms with van der Waals surface area (Å²) in [4.78, 5) is 0. The third-order valence-corrected chi connectivity index (χ3v) is 8.61. The van der Waals surface area contributed by atoms with Crippen LogP contribution in [0.2, 0.25) is 0 Å². The zero-order chi connectivity index (χ0) is 30.5. The number of aromatic hydroxyl groups is 2. The smallest absolute Gasteiger partial charge is 0.116 e. The number of hydrogen-bond acceptors (Lipinski definition) is 6. The minimum Gasteiger partial charge on any atom is -0.508 e. The topological polar surface area (TPSA) is 121 Å². The van der Waals surface area contributed by atoms with E-state index in [9.17, 15) is 30.6 Å². The van der Waals surface area contributed by atoms with Crippen molar-refractivity contribution in [2.45, 2.75) is 116 Å². The van der Waals surface area contributed by atoms with Gasteiger partial charge in [-0.25, -0.2) is 0 Å². The van der Waals surface area contributed by atoms with Gasteiger partial charge in [-0.1, -0.05) is 51.0 Å². The Kier molecular flexibility index (Phi) is 13.8. The number of benzene rings is 3. The molecule has 0 heterocycles. The fraction of sp³-hybridized carbons (Fsp3) is 0.500. The van der Waals surface area contributed by atoms with Crippen molar-refractivity contribution >= 4 is 0 Å². The van der Waals surface area contributed by atoms with E-state index >= 15 is 0 Å². The summed E-state index contributed by atoms with van der Waals surface area (Å²) in [5, 5.41) is 59.2. The molecule has 0 aliphatic carbocycles. The Morgan fingerprint density at radius 1 is 0.524 bits per heavy atom. The lowest BCUT2D eigenvalue weighted by atomic mass is 9.83. The second-order valence-electron chi connectivity index (χ2n) is 11.5. The van der Waals surface area contributed by atoms with Crippen LogP contribution in [-0.4, -0.2) is 30.6 Å². The van der Waals surface area contributed by atoms with Gasteiger partial charge in [-0.05, 0) is 132 Å². The molecule has 0 bridgehead atoms. The Morgan fingerprint density at radius 2 is 0.881 bits per heavy atom. The van der Waals surface area contributed by atoms with Gasteiger partial charge >= 0.3 is 0 Å². The van der Waals surface area contributed by atoms with Crippen LogP contribution in [0.3, 0.4) is 0 Å². The molecule has 0 saturated carbocycles. The van der Waals surface area contributed by atoms with E-state index in [0.29, 0.717) is 34.1 Å². The summed E-state index contributed by atoms with van der Waals surface area (Å²) in [6.07, 6.45) is 9.68. The average Bonchev–Trinajstić information content (AvgIpc) is 3.00. The normalized spacial score (nSPS) is 12.9. The molecule has 0 amide bonds. The second kappa shape index (κ2) is 17.3. The Labute approximate surface area is 251 Å². The van der Waals surface area contributed by atoms with E-state index in [0.717, 1.165) is 75.3 Å². The van der Waals surface area contributed by atoms with Gasteiger partial charge in [0.1, 0.15) is 11.5 Å². The Balaban J connectivity index is 1.72. The van der Waals surface area contributed by atoms with E-state index in [1.165, 1.54) is 11.1 Å². The number of aliphatic hydroxyl groups is 4. The van der Waals surface area contributed by atoms with Crippen molar-refractivity contribution in [1.82, 2.24) is 0 Å². The zero-order valence-corrected chi connectivity index (χ0v) is 25.4. The largest absolute Gasteiger partial charge is 0.508 e. The minimum atomic E-state index is -0.161. The van der Waals surface area contributed by atoms with Crippen LogP contribution in [0, 0.1) is 0 Å². The fourth-order valence-corrected chi connectivity index (χ4v) is 6.53. The molecule has 3 aromatic carbocycles. The quantitative estimate of drug-likeness (QED) is 0.0979. The van der Waals surface area contributed by atoms with Gasteiger partial charge in [-0.3, -0.25) is 0 Å². The van der Waals surface area contributed by atoms with Gasteiger partial charge < -0.3 is 30.6 Å². The van der Waals surface area contributed by atoms with Gasteiger partial charge in [-0.15, -0.1) is 0 Å². The summed E-state index contributed by atoms with van der Waals surface area (Å²) in [7, 11) is 0. The molecule has 2 atom stereocenters. The van der Waals surface area contributed by atoms with E-state index in [1.807, 2.05) is 0 Å². The number of phenolic OH excluding ortho intramolecular Hbond substituents is 2. The lowest BCUT2D eigenvalue weighted by Crippen LogP contribution is -2.06. The molecule has 0 spiro atoms. The van der Waals surface area contributed by atoms with E-state index in [1.54, 1.807) is 24.3 Å². The summed E-state index contributed by atoms with van der Waals surface area (Å²) in [6.45, 7) is 3.79. The third-order valence-electron chi connectivity index (χ3n) is 8.61. The Hall–Kier alpha value is -2.90. The van der Waals surface area contributed by atoms with E-state index < -0.39 is 0 Å². The van der Waals surface area contributed by atoms with Crippen LogP contribution >= 0.6 is 0 Å². The van der Waals surface area contributed by atoms with Crippen LogP contribution in [-0.2, 0) is 39.3 Å². The molecule has 0 saturated heterocycles. The standard InChI is InChI=1S/C36H50O6/c1-3-8-25(10-6-14-35-29(21-37)17-33(41)18-30(35)22-38)27-12-5-13-28(16-27)26(9-4-2)11-7-15-36-31(23-39)19-34(42)20-32(36)24-40/h5,12-13,16-20,25-26,37-42H,3-4,6-11,14-15,21-24H2,1-2H3. The maximum Gasteiger partial charge on any atom is 0.116 e. The van der Waals surface area contributed by atoms with Crippen LogP contribution in [0.15, 0.2) is 48.5 Å². The van der Waals surface area contributed by atoms with Crippen molar-refractivity contribution in [3.63, 3.8) is 0 Å². The molecule has 230 valence electrons. The fourth-order valence-electron chi connectivity index (χ4n) is 6.53. The highest BCUT2D eigenvalue weighted by molar-refractivity contribution is 5.42. The van der Waals surface area contributed by atoms with Crippen LogP contribution in [0.5, 0.6) is 11.5 Å². The van der Waals surface area contributed by atoms with Gasteiger partial charge in [-0.2, -0.15) is 0 Å². The molecule has 0 aliphatic rings. The molecular formula is C36H50O6. The SMILES string of the molecule is CCCC(CCCc1c(CO)cc(O)cc1CO)c1cccc(C(CCC)CCCc2c(CO)cc(O)cc2CO)c1. The highest BCUT2D eigenvalue weighted by Crippen LogP contribution is 2.34. The summed E-state index contributed by atoms with van der Waals surface area (Å²) < 4.78 is 0. The van der Waals surface area contributed by atoms with Gasteiger partial charge in [0.2, 0.25) is 0 Å². The number of rotatable bonds is 18. The number of phenols is 2. The molecule has 0 fully saturated rings. The minimum absolute atomic E-state index is 0.0694. The first-order valence-electron chi connectivity index (χ1n) is 15.6. The van der Waals surface area contributed by atoms with Crippen molar-refractivity contribution in [2.75, 3.05) is 0 Å². The van der Waals surface area contributed by atoms with Gasteiger partial charge in [0, 0.05) is 0 Å². The molecule has 2 unspecified atom stereocenters. The maximum absolute atomic E-state index is 9.94. The molecule has 0 radical (unpaired) electrons. The average molecular weight is 579 g/mol. The van der Waals surface area contributed by atoms with Crippen molar-refractivity contribution in [1.29, 1.82) is 0 Å². The Morgan fingerprint density at radius 3 is 1.19 bits per heavy atom. The van der Waals surface area contributed by atoms with Crippen molar-refractivity contribution in [3.05, 3.63) is 93.0 Å². The molecule has 3 rings (SSSR count).